The number of halogens is 1. The Bertz CT molecular complexity index is 605. The van der Waals surface area contributed by atoms with E-state index in [1.165, 1.54) is 24.8 Å². The van der Waals surface area contributed by atoms with Crippen LogP contribution in [0.2, 0.25) is 5.02 Å². The van der Waals surface area contributed by atoms with E-state index in [-0.39, 0.29) is 0 Å². The fourth-order valence-corrected chi connectivity index (χ4v) is 3.64. The minimum atomic E-state index is -0.399. The van der Waals surface area contributed by atoms with Crippen molar-refractivity contribution in [2.24, 2.45) is 5.92 Å². The van der Waals surface area contributed by atoms with Gasteiger partial charge in [0.25, 0.3) is 0 Å². The van der Waals surface area contributed by atoms with Gasteiger partial charge in [-0.25, -0.2) is 0 Å². The summed E-state index contributed by atoms with van der Waals surface area (Å²) in [6, 6.07) is 18.3. The highest BCUT2D eigenvalue weighted by atomic mass is 35.5. The van der Waals surface area contributed by atoms with Crippen LogP contribution < -0.4 is 0 Å². The van der Waals surface area contributed by atoms with Crippen LogP contribution in [0.15, 0.2) is 54.6 Å². The van der Waals surface area contributed by atoms with Crippen molar-refractivity contribution < 1.29 is 5.11 Å². The number of benzene rings is 2. The van der Waals surface area contributed by atoms with E-state index in [1.807, 2.05) is 24.3 Å². The summed E-state index contributed by atoms with van der Waals surface area (Å²) in [6.07, 6.45) is 4.09. The van der Waals surface area contributed by atoms with Gasteiger partial charge >= 0.3 is 0 Å². The van der Waals surface area contributed by atoms with Crippen molar-refractivity contribution in [2.45, 2.75) is 31.8 Å². The molecule has 0 bridgehead atoms. The molecule has 1 aliphatic heterocycles. The molecule has 24 heavy (non-hydrogen) atoms. The Balaban J connectivity index is 1.40. The summed E-state index contributed by atoms with van der Waals surface area (Å²) in [7, 11) is 0. The zero-order valence-corrected chi connectivity index (χ0v) is 14.8. The topological polar surface area (TPSA) is 23.5 Å². The first-order valence-corrected chi connectivity index (χ1v) is 9.28. The van der Waals surface area contributed by atoms with Gasteiger partial charge in [-0.1, -0.05) is 54.1 Å². The molecule has 0 amide bonds. The lowest BCUT2D eigenvalue weighted by atomic mass is 9.90. The van der Waals surface area contributed by atoms with Gasteiger partial charge in [0, 0.05) is 11.6 Å². The van der Waals surface area contributed by atoms with Crippen LogP contribution in [0, 0.1) is 5.92 Å². The molecule has 1 N–H and O–H groups in total. The second kappa shape index (κ2) is 8.66. The molecule has 0 aliphatic carbocycles. The fraction of sp³-hybridized carbons (Fsp3) is 0.429. The summed E-state index contributed by atoms with van der Waals surface area (Å²) in [5, 5.41) is 11.0. The molecule has 0 saturated carbocycles. The molecule has 128 valence electrons. The average Bonchev–Trinajstić information content (AvgIpc) is 2.62. The van der Waals surface area contributed by atoms with Gasteiger partial charge in [-0.3, -0.25) is 0 Å². The first kappa shape index (κ1) is 17.5. The third kappa shape index (κ3) is 5.07. The third-order valence-corrected chi connectivity index (χ3v) is 5.30. The maximum atomic E-state index is 10.3. The van der Waals surface area contributed by atoms with E-state index in [4.69, 9.17) is 11.6 Å². The SMILES string of the molecule is OC(CCN1CCC(Cc2ccccc2)CC1)c1ccc(Cl)cc1. The summed E-state index contributed by atoms with van der Waals surface area (Å²) in [5.41, 5.74) is 2.41. The van der Waals surface area contributed by atoms with E-state index in [2.05, 4.69) is 35.2 Å². The summed E-state index contributed by atoms with van der Waals surface area (Å²) in [5.74, 6) is 0.796. The van der Waals surface area contributed by atoms with Crippen LogP contribution in [0.3, 0.4) is 0 Å². The van der Waals surface area contributed by atoms with Gasteiger partial charge in [0.15, 0.2) is 0 Å². The van der Waals surface area contributed by atoms with E-state index in [0.717, 1.165) is 37.5 Å². The molecular formula is C21H26ClNO. The van der Waals surface area contributed by atoms with Gasteiger partial charge in [0.05, 0.1) is 6.10 Å². The lowest BCUT2D eigenvalue weighted by molar-refractivity contribution is 0.123. The van der Waals surface area contributed by atoms with Gasteiger partial charge in [-0.05, 0) is 68.0 Å². The maximum Gasteiger partial charge on any atom is 0.0802 e. The summed E-state index contributed by atoms with van der Waals surface area (Å²) < 4.78 is 0. The standard InChI is InChI=1S/C21H26ClNO/c22-20-8-6-19(7-9-20)21(24)12-15-23-13-10-18(11-14-23)16-17-4-2-1-3-5-17/h1-9,18,21,24H,10-16H2. The minimum Gasteiger partial charge on any atom is -0.388 e. The van der Waals surface area contributed by atoms with Crippen LogP contribution in [0.25, 0.3) is 0 Å². The van der Waals surface area contributed by atoms with Crippen molar-refractivity contribution in [1.82, 2.24) is 4.90 Å². The summed E-state index contributed by atoms with van der Waals surface area (Å²) in [4.78, 5) is 2.49. The molecule has 1 aliphatic rings. The Kier molecular flexibility index (Phi) is 6.30. The number of hydrogen-bond donors (Lipinski definition) is 1. The largest absolute Gasteiger partial charge is 0.388 e. The molecule has 0 spiro atoms. The van der Waals surface area contributed by atoms with E-state index < -0.39 is 6.10 Å². The van der Waals surface area contributed by atoms with Crippen LogP contribution in [-0.4, -0.2) is 29.6 Å². The Morgan fingerprint density at radius 2 is 1.67 bits per heavy atom. The zero-order chi connectivity index (χ0) is 16.8. The third-order valence-electron chi connectivity index (χ3n) is 5.05. The quantitative estimate of drug-likeness (QED) is 0.820. The molecule has 1 atom stereocenters. The molecule has 1 heterocycles. The number of nitrogens with zero attached hydrogens (tertiary/aromatic N) is 1. The Morgan fingerprint density at radius 1 is 1.00 bits per heavy atom. The van der Waals surface area contributed by atoms with Crippen molar-refractivity contribution >= 4 is 11.6 Å². The molecular weight excluding hydrogens is 318 g/mol. The molecule has 1 saturated heterocycles. The second-order valence-electron chi connectivity index (χ2n) is 6.83. The number of hydrogen-bond acceptors (Lipinski definition) is 2. The molecule has 2 aromatic carbocycles. The van der Waals surface area contributed by atoms with E-state index in [9.17, 15) is 5.11 Å². The number of aliphatic hydroxyl groups is 1. The highest BCUT2D eigenvalue weighted by molar-refractivity contribution is 6.30. The first-order valence-electron chi connectivity index (χ1n) is 8.90. The molecule has 1 unspecified atom stereocenters. The van der Waals surface area contributed by atoms with Crippen molar-refractivity contribution in [3.63, 3.8) is 0 Å². The van der Waals surface area contributed by atoms with Crippen LogP contribution in [0.1, 0.15) is 36.5 Å². The van der Waals surface area contributed by atoms with Crippen LogP contribution in [0.4, 0.5) is 0 Å². The van der Waals surface area contributed by atoms with Gasteiger partial charge in [0.2, 0.25) is 0 Å². The second-order valence-corrected chi connectivity index (χ2v) is 7.27. The highest BCUT2D eigenvalue weighted by Gasteiger charge is 2.20. The van der Waals surface area contributed by atoms with Gasteiger partial charge < -0.3 is 10.0 Å². The lowest BCUT2D eigenvalue weighted by Crippen LogP contribution is -2.35. The molecule has 3 rings (SSSR count). The van der Waals surface area contributed by atoms with Crippen LogP contribution in [0.5, 0.6) is 0 Å². The lowest BCUT2D eigenvalue weighted by Gasteiger charge is -2.32. The highest BCUT2D eigenvalue weighted by Crippen LogP contribution is 2.24. The van der Waals surface area contributed by atoms with Crippen molar-refractivity contribution in [1.29, 1.82) is 0 Å². The molecule has 3 heteroatoms. The van der Waals surface area contributed by atoms with Crippen molar-refractivity contribution in [2.75, 3.05) is 19.6 Å². The zero-order valence-electron chi connectivity index (χ0n) is 14.1. The Morgan fingerprint density at radius 3 is 2.33 bits per heavy atom. The smallest absolute Gasteiger partial charge is 0.0802 e. The van der Waals surface area contributed by atoms with E-state index >= 15 is 0 Å². The Hall–Kier alpha value is -1.35. The van der Waals surface area contributed by atoms with Crippen LogP contribution >= 0.6 is 11.6 Å². The molecule has 2 aromatic rings. The molecule has 0 radical (unpaired) electrons. The van der Waals surface area contributed by atoms with E-state index in [1.54, 1.807) is 0 Å². The number of piperidine rings is 1. The average molecular weight is 344 g/mol. The normalized spacial score (nSPS) is 17.8. The van der Waals surface area contributed by atoms with Gasteiger partial charge in [0.1, 0.15) is 0 Å². The molecule has 0 aromatic heterocycles. The van der Waals surface area contributed by atoms with Crippen molar-refractivity contribution in [3.05, 3.63) is 70.7 Å². The Labute approximate surface area is 150 Å². The first-order chi connectivity index (χ1) is 11.7. The van der Waals surface area contributed by atoms with E-state index in [0.29, 0.717) is 5.02 Å². The number of aliphatic hydroxyl groups excluding tert-OH is 1. The monoisotopic (exact) mass is 343 g/mol. The minimum absolute atomic E-state index is 0.399. The molecule has 2 nitrogen and oxygen atoms in total. The number of rotatable bonds is 6. The van der Waals surface area contributed by atoms with Crippen molar-refractivity contribution in [3.8, 4) is 0 Å². The predicted octanol–water partition coefficient (Wildman–Crippen LogP) is 4.72. The summed E-state index contributed by atoms with van der Waals surface area (Å²) >= 11 is 5.90. The molecule has 1 fully saturated rings. The van der Waals surface area contributed by atoms with Crippen LogP contribution in [-0.2, 0) is 6.42 Å². The maximum absolute atomic E-state index is 10.3. The summed E-state index contributed by atoms with van der Waals surface area (Å²) in [6.45, 7) is 3.25. The van der Waals surface area contributed by atoms with Gasteiger partial charge in [-0.2, -0.15) is 0 Å². The predicted molar refractivity (Wildman–Crippen MR) is 100 cm³/mol. The van der Waals surface area contributed by atoms with Gasteiger partial charge in [-0.15, -0.1) is 0 Å². The fourth-order valence-electron chi connectivity index (χ4n) is 3.52. The number of likely N-dealkylation sites (tertiary alicyclic amines) is 1.